The van der Waals surface area contributed by atoms with Gasteiger partial charge in [-0.1, -0.05) is 26.0 Å². The van der Waals surface area contributed by atoms with Crippen molar-refractivity contribution in [2.45, 2.75) is 39.5 Å². The molecule has 5 heteroatoms. The summed E-state index contributed by atoms with van der Waals surface area (Å²) in [6.07, 6.45) is 2.53. The van der Waals surface area contributed by atoms with E-state index < -0.39 is 0 Å². The lowest BCUT2D eigenvalue weighted by molar-refractivity contribution is 0.102. The van der Waals surface area contributed by atoms with Crippen LogP contribution in [-0.2, 0) is 0 Å². The van der Waals surface area contributed by atoms with Crippen LogP contribution in [0.1, 0.15) is 53.5 Å². The number of benzene rings is 2. The number of thiazole rings is 1. The lowest BCUT2D eigenvalue weighted by Gasteiger charge is -2.09. The fraction of sp³-hybridized carbons (Fsp3) is 0.304. The zero-order valence-corrected chi connectivity index (χ0v) is 17.6. The van der Waals surface area contributed by atoms with Crippen LogP contribution >= 0.6 is 11.3 Å². The Morgan fingerprint density at radius 1 is 1.14 bits per heavy atom. The second-order valence-corrected chi connectivity index (χ2v) is 7.45. The van der Waals surface area contributed by atoms with E-state index in [0.29, 0.717) is 11.5 Å². The topological polar surface area (TPSA) is 51.2 Å². The van der Waals surface area contributed by atoms with E-state index in [4.69, 9.17) is 9.72 Å². The van der Waals surface area contributed by atoms with Crippen molar-refractivity contribution in [1.82, 2.24) is 4.98 Å². The van der Waals surface area contributed by atoms with Crippen LogP contribution in [0.3, 0.4) is 0 Å². The summed E-state index contributed by atoms with van der Waals surface area (Å²) in [5.41, 5.74) is 4.39. The number of hydrogen-bond donors (Lipinski definition) is 1. The number of carbonyl (C=O) groups is 1. The van der Waals surface area contributed by atoms with E-state index >= 15 is 0 Å². The van der Waals surface area contributed by atoms with E-state index in [1.54, 1.807) is 30.6 Å². The molecule has 2 aromatic carbocycles. The molecule has 1 aromatic heterocycles. The van der Waals surface area contributed by atoms with Crippen molar-refractivity contribution in [3.63, 3.8) is 0 Å². The van der Waals surface area contributed by atoms with Crippen LogP contribution in [0.25, 0.3) is 11.3 Å². The third kappa shape index (κ3) is 4.60. The van der Waals surface area contributed by atoms with Crippen LogP contribution in [0.2, 0.25) is 0 Å². The zero-order chi connectivity index (χ0) is 20.1. The summed E-state index contributed by atoms with van der Waals surface area (Å²) in [5, 5.41) is 6.31. The molecular weight excluding hydrogens is 368 g/mol. The van der Waals surface area contributed by atoms with Gasteiger partial charge >= 0.3 is 0 Å². The molecule has 1 fully saturated rings. The van der Waals surface area contributed by atoms with E-state index in [-0.39, 0.29) is 5.91 Å². The van der Waals surface area contributed by atoms with Crippen molar-refractivity contribution in [3.8, 4) is 17.0 Å². The molecule has 28 heavy (non-hydrogen) atoms. The Kier molecular flexibility index (Phi) is 6.47. The van der Waals surface area contributed by atoms with Gasteiger partial charge in [0, 0.05) is 28.1 Å². The molecule has 1 saturated carbocycles. The number of methoxy groups -OCH3 is 1. The quantitative estimate of drug-likeness (QED) is 0.554. The number of aryl methyl sites for hydroxylation is 1. The van der Waals surface area contributed by atoms with Gasteiger partial charge in [-0.2, -0.15) is 0 Å². The molecule has 0 spiro atoms. The lowest BCUT2D eigenvalue weighted by Crippen LogP contribution is -2.13. The van der Waals surface area contributed by atoms with Gasteiger partial charge < -0.3 is 10.1 Å². The summed E-state index contributed by atoms with van der Waals surface area (Å²) in [4.78, 5) is 17.2. The van der Waals surface area contributed by atoms with Crippen molar-refractivity contribution >= 4 is 22.9 Å². The van der Waals surface area contributed by atoms with Crippen LogP contribution in [0.15, 0.2) is 47.8 Å². The smallest absolute Gasteiger partial charge is 0.255 e. The Labute approximate surface area is 170 Å². The van der Waals surface area contributed by atoms with Crippen molar-refractivity contribution in [2.24, 2.45) is 0 Å². The lowest BCUT2D eigenvalue weighted by atomic mass is 10.1. The molecular formula is C23H26N2O2S. The highest BCUT2D eigenvalue weighted by Crippen LogP contribution is 2.42. The molecule has 0 unspecified atom stereocenters. The molecule has 146 valence electrons. The van der Waals surface area contributed by atoms with Gasteiger partial charge in [0.25, 0.3) is 5.91 Å². The highest BCUT2D eigenvalue weighted by Gasteiger charge is 2.26. The third-order valence-corrected chi connectivity index (χ3v) is 5.57. The van der Waals surface area contributed by atoms with E-state index in [1.165, 1.54) is 17.8 Å². The average Bonchev–Trinajstić information content (AvgIpc) is 3.46. The highest BCUT2D eigenvalue weighted by atomic mass is 32.1. The van der Waals surface area contributed by atoms with Crippen molar-refractivity contribution in [2.75, 3.05) is 12.4 Å². The van der Waals surface area contributed by atoms with Gasteiger partial charge in [0.05, 0.1) is 17.8 Å². The maximum absolute atomic E-state index is 12.5. The fourth-order valence-corrected chi connectivity index (χ4v) is 3.88. The standard InChI is InChI=1S/C21H20N2O2S.C2H6/c1-13-11-17(25-2)9-10-18(13)20(24)22-16-7-5-14(6-8-16)19-12-26-21(23-19)15-3-4-15;1-2/h5-12,15H,3-4H2,1-2H3,(H,22,24);1-2H3. The number of amides is 1. The predicted molar refractivity (Wildman–Crippen MR) is 117 cm³/mol. The van der Waals surface area contributed by atoms with Crippen LogP contribution in [0.5, 0.6) is 5.75 Å². The van der Waals surface area contributed by atoms with E-state index in [0.717, 1.165) is 28.3 Å². The number of nitrogens with zero attached hydrogens (tertiary/aromatic N) is 1. The number of nitrogens with one attached hydrogen (secondary N) is 1. The maximum Gasteiger partial charge on any atom is 0.255 e. The second-order valence-electron chi connectivity index (χ2n) is 6.56. The van der Waals surface area contributed by atoms with Gasteiger partial charge in [0.2, 0.25) is 0 Å². The molecule has 0 saturated heterocycles. The third-order valence-electron chi connectivity index (χ3n) is 4.57. The first-order valence-electron chi connectivity index (χ1n) is 9.66. The van der Waals surface area contributed by atoms with Gasteiger partial charge in [0.15, 0.2) is 0 Å². The first kappa shape index (κ1) is 20.1. The molecule has 0 bridgehead atoms. The Hall–Kier alpha value is -2.66. The summed E-state index contributed by atoms with van der Waals surface area (Å²) < 4.78 is 5.19. The van der Waals surface area contributed by atoms with Gasteiger partial charge in [-0.15, -0.1) is 11.3 Å². The Balaban J connectivity index is 0.00000109. The molecule has 4 rings (SSSR count). The summed E-state index contributed by atoms with van der Waals surface area (Å²) in [6, 6.07) is 13.3. The van der Waals surface area contributed by atoms with Gasteiger partial charge in [0.1, 0.15) is 5.75 Å². The van der Waals surface area contributed by atoms with Gasteiger partial charge in [-0.25, -0.2) is 4.98 Å². The number of rotatable bonds is 5. The Morgan fingerprint density at radius 2 is 1.86 bits per heavy atom. The van der Waals surface area contributed by atoms with Crippen LogP contribution in [0.4, 0.5) is 5.69 Å². The first-order chi connectivity index (χ1) is 13.6. The summed E-state index contributed by atoms with van der Waals surface area (Å²) >= 11 is 1.74. The van der Waals surface area contributed by atoms with Gasteiger partial charge in [-0.3, -0.25) is 4.79 Å². The maximum atomic E-state index is 12.5. The van der Waals surface area contributed by atoms with Crippen molar-refractivity contribution < 1.29 is 9.53 Å². The molecule has 1 amide bonds. The molecule has 0 atom stereocenters. The molecule has 0 aliphatic heterocycles. The van der Waals surface area contributed by atoms with E-state index in [9.17, 15) is 4.79 Å². The molecule has 1 heterocycles. The van der Waals surface area contributed by atoms with Crippen molar-refractivity contribution in [3.05, 3.63) is 64.0 Å². The van der Waals surface area contributed by atoms with Crippen LogP contribution in [-0.4, -0.2) is 18.0 Å². The summed E-state index contributed by atoms with van der Waals surface area (Å²) in [7, 11) is 1.62. The summed E-state index contributed by atoms with van der Waals surface area (Å²) in [5.74, 6) is 1.31. The number of ether oxygens (including phenoxy) is 1. The largest absolute Gasteiger partial charge is 0.497 e. The average molecular weight is 395 g/mol. The minimum atomic E-state index is -0.123. The normalized spacial score (nSPS) is 12.7. The van der Waals surface area contributed by atoms with Crippen molar-refractivity contribution in [1.29, 1.82) is 0 Å². The minimum Gasteiger partial charge on any atom is -0.497 e. The molecule has 1 aliphatic carbocycles. The minimum absolute atomic E-state index is 0.123. The number of carbonyl (C=O) groups excluding carboxylic acids is 1. The molecule has 1 aliphatic rings. The molecule has 0 radical (unpaired) electrons. The highest BCUT2D eigenvalue weighted by molar-refractivity contribution is 7.10. The number of aromatic nitrogens is 1. The van der Waals surface area contributed by atoms with Crippen LogP contribution in [0, 0.1) is 6.92 Å². The number of hydrogen-bond acceptors (Lipinski definition) is 4. The SMILES string of the molecule is CC.COc1ccc(C(=O)Nc2ccc(-c3csc(C4CC4)n3)cc2)c(C)c1. The Morgan fingerprint density at radius 3 is 2.46 bits per heavy atom. The summed E-state index contributed by atoms with van der Waals surface area (Å²) in [6.45, 7) is 5.90. The molecule has 1 N–H and O–H groups in total. The monoisotopic (exact) mass is 394 g/mol. The van der Waals surface area contributed by atoms with E-state index in [1.807, 2.05) is 51.1 Å². The van der Waals surface area contributed by atoms with Gasteiger partial charge in [-0.05, 0) is 55.7 Å². The van der Waals surface area contributed by atoms with Crippen LogP contribution < -0.4 is 10.1 Å². The van der Waals surface area contributed by atoms with E-state index in [2.05, 4.69) is 10.7 Å². The second kappa shape index (κ2) is 9.02. The number of anilines is 1. The Bertz CT molecular complexity index is 943. The molecule has 3 aromatic rings. The zero-order valence-electron chi connectivity index (χ0n) is 16.8. The first-order valence-corrected chi connectivity index (χ1v) is 10.5. The molecule has 4 nitrogen and oxygen atoms in total. The predicted octanol–water partition coefficient (Wildman–Crippen LogP) is 6.28. The fourth-order valence-electron chi connectivity index (χ4n) is 2.88.